The molecule has 1 amide bonds. The second-order valence-electron chi connectivity index (χ2n) is 11.1. The van der Waals surface area contributed by atoms with Gasteiger partial charge in [-0.05, 0) is 68.5 Å². The third kappa shape index (κ3) is 4.36. The Hall–Kier alpha value is -2.47. The van der Waals surface area contributed by atoms with Gasteiger partial charge in [0.05, 0.1) is 23.7 Å². The Bertz CT molecular complexity index is 1400. The number of benzene rings is 2. The molecule has 2 unspecified atom stereocenters. The number of nitrogens with zero attached hydrogens (tertiary/aromatic N) is 2. The summed E-state index contributed by atoms with van der Waals surface area (Å²) in [5.74, 6) is -2.86. The lowest BCUT2D eigenvalue weighted by atomic mass is 9.72. The number of aliphatic hydroxyl groups is 1. The molecule has 1 aliphatic carbocycles. The van der Waals surface area contributed by atoms with Crippen molar-refractivity contribution >= 4 is 27.5 Å². The van der Waals surface area contributed by atoms with Gasteiger partial charge < -0.3 is 19.5 Å². The third-order valence-electron chi connectivity index (χ3n) is 9.08. The number of halogens is 3. The number of carbonyl (C=O) groups excluding carboxylic acids is 1. The van der Waals surface area contributed by atoms with Crippen molar-refractivity contribution in [3.05, 3.63) is 58.6 Å². The number of hydrogen-bond acceptors (Lipinski definition) is 7. The number of ether oxygens (including phenoxy) is 2. The van der Waals surface area contributed by atoms with Crippen LogP contribution in [0.25, 0.3) is 0 Å². The van der Waals surface area contributed by atoms with E-state index >= 15 is 4.39 Å². The van der Waals surface area contributed by atoms with Gasteiger partial charge in [0.1, 0.15) is 16.7 Å². The molecule has 2 aromatic carbocycles. The molecule has 1 N–H and O–H groups in total. The molecule has 6 rings (SSSR count). The van der Waals surface area contributed by atoms with Gasteiger partial charge >= 0.3 is 6.09 Å². The zero-order chi connectivity index (χ0) is 28.2. The van der Waals surface area contributed by atoms with Crippen molar-refractivity contribution in [2.45, 2.75) is 59.9 Å². The number of likely N-dealkylation sites (tertiary alicyclic amines) is 1. The normalized spacial score (nSPS) is 29.9. The first-order valence-electron chi connectivity index (χ1n) is 13.6. The van der Waals surface area contributed by atoms with E-state index in [0.29, 0.717) is 24.7 Å². The first kappa shape index (κ1) is 27.7. The van der Waals surface area contributed by atoms with Crippen molar-refractivity contribution in [3.8, 4) is 5.75 Å². The molecule has 5 atom stereocenters. The number of rotatable bonds is 5. The molecular weight excluding hydrogens is 566 g/mol. The SMILES string of the molecule is O=C(O[C@H]1CC[C@@]2(S(=O)(=O)c3ccc(Cl)cc3)c3c(F)ccc(F)c3OC[C@@H]2C1)N1CC2CCC(C1)N2CCO. The predicted molar refractivity (Wildman–Crippen MR) is 142 cm³/mol. The average Bonchev–Trinajstić information content (AvgIpc) is 3.16. The Kier molecular flexibility index (Phi) is 7.21. The molecular formula is C28H31ClF2N2O6S. The van der Waals surface area contributed by atoms with Crippen molar-refractivity contribution in [3.63, 3.8) is 0 Å². The summed E-state index contributed by atoms with van der Waals surface area (Å²) in [7, 11) is -4.27. The van der Waals surface area contributed by atoms with Crippen molar-refractivity contribution in [2.24, 2.45) is 5.92 Å². The van der Waals surface area contributed by atoms with Crippen LogP contribution in [0.1, 0.15) is 37.7 Å². The van der Waals surface area contributed by atoms with Crippen LogP contribution in [0.3, 0.4) is 0 Å². The maximum Gasteiger partial charge on any atom is 0.410 e. The predicted octanol–water partition coefficient (Wildman–Crippen LogP) is 4.13. The van der Waals surface area contributed by atoms with Gasteiger partial charge in [0.15, 0.2) is 21.4 Å². The van der Waals surface area contributed by atoms with Crippen LogP contribution in [0, 0.1) is 17.6 Å². The van der Waals surface area contributed by atoms with Crippen molar-refractivity contribution < 1.29 is 36.6 Å². The molecule has 2 bridgehead atoms. The van der Waals surface area contributed by atoms with Crippen LogP contribution in [0.15, 0.2) is 41.3 Å². The quantitative estimate of drug-likeness (QED) is 0.555. The van der Waals surface area contributed by atoms with Gasteiger partial charge in [-0.1, -0.05) is 11.6 Å². The number of hydrogen-bond donors (Lipinski definition) is 1. The molecule has 0 aromatic heterocycles. The van der Waals surface area contributed by atoms with Crippen LogP contribution >= 0.6 is 11.6 Å². The summed E-state index contributed by atoms with van der Waals surface area (Å²) in [5.41, 5.74) is -0.306. The van der Waals surface area contributed by atoms with Crippen molar-refractivity contribution in [2.75, 3.05) is 32.8 Å². The van der Waals surface area contributed by atoms with E-state index in [1.54, 1.807) is 4.90 Å². The van der Waals surface area contributed by atoms with Gasteiger partial charge in [0, 0.05) is 42.7 Å². The molecule has 40 heavy (non-hydrogen) atoms. The summed E-state index contributed by atoms with van der Waals surface area (Å²) in [4.78, 5) is 17.1. The van der Waals surface area contributed by atoms with Crippen molar-refractivity contribution in [1.82, 2.24) is 9.80 Å². The molecule has 2 saturated heterocycles. The fraction of sp³-hybridized carbons (Fsp3) is 0.536. The Labute approximate surface area is 236 Å². The molecule has 3 aliphatic heterocycles. The lowest BCUT2D eigenvalue weighted by Gasteiger charge is -2.49. The molecule has 4 aliphatic rings. The Morgan fingerprint density at radius 2 is 1.75 bits per heavy atom. The van der Waals surface area contributed by atoms with Gasteiger partial charge in [-0.15, -0.1) is 0 Å². The summed E-state index contributed by atoms with van der Waals surface area (Å²) >= 11 is 6.00. The smallest absolute Gasteiger partial charge is 0.410 e. The number of sulfone groups is 1. The summed E-state index contributed by atoms with van der Waals surface area (Å²) in [6.07, 6.45) is 1.02. The molecule has 3 fully saturated rings. The Morgan fingerprint density at radius 1 is 1.07 bits per heavy atom. The van der Waals surface area contributed by atoms with Crippen LogP contribution in [0.2, 0.25) is 5.02 Å². The second kappa shape index (κ2) is 10.4. The van der Waals surface area contributed by atoms with E-state index < -0.39 is 44.3 Å². The van der Waals surface area contributed by atoms with E-state index in [9.17, 15) is 22.7 Å². The van der Waals surface area contributed by atoms with E-state index in [-0.39, 0.29) is 60.8 Å². The maximum absolute atomic E-state index is 15.4. The van der Waals surface area contributed by atoms with Crippen molar-refractivity contribution in [1.29, 1.82) is 0 Å². The molecule has 216 valence electrons. The highest BCUT2D eigenvalue weighted by atomic mass is 35.5. The van der Waals surface area contributed by atoms with Crippen LogP contribution in [0.4, 0.5) is 13.6 Å². The van der Waals surface area contributed by atoms with E-state index in [1.807, 2.05) is 0 Å². The topological polar surface area (TPSA) is 96.4 Å². The van der Waals surface area contributed by atoms with Gasteiger partial charge in [0.25, 0.3) is 0 Å². The fourth-order valence-corrected chi connectivity index (χ4v) is 9.74. The van der Waals surface area contributed by atoms with Gasteiger partial charge in [0.2, 0.25) is 0 Å². The monoisotopic (exact) mass is 596 g/mol. The standard InChI is InChI=1S/C28H31ClF2N2O6S/c29-18-1-5-22(6-2-18)40(36,37)28-10-9-21(13-17(28)16-38-26-24(31)8-7-23(30)25(26)28)39-27(35)32-14-19-3-4-20(15-32)33(19)11-12-34/h1-2,5-8,17,19-21,34H,3-4,9-16H2/t17-,19?,20?,21-,28-/m0/s1. The van der Waals surface area contributed by atoms with E-state index in [1.165, 1.54) is 24.3 Å². The van der Waals surface area contributed by atoms with Crippen LogP contribution in [0.5, 0.6) is 5.75 Å². The zero-order valence-electron chi connectivity index (χ0n) is 21.8. The average molecular weight is 597 g/mol. The number of piperazine rings is 1. The molecule has 0 spiro atoms. The first-order valence-corrected chi connectivity index (χ1v) is 15.5. The highest BCUT2D eigenvalue weighted by molar-refractivity contribution is 7.92. The lowest BCUT2D eigenvalue weighted by Crippen LogP contribution is -2.57. The Morgan fingerprint density at radius 3 is 2.42 bits per heavy atom. The number of amides is 1. The molecule has 3 heterocycles. The third-order valence-corrected chi connectivity index (χ3v) is 11.9. The van der Waals surface area contributed by atoms with Gasteiger partial charge in [-0.25, -0.2) is 22.0 Å². The molecule has 2 aromatic rings. The van der Waals surface area contributed by atoms with E-state index in [0.717, 1.165) is 25.0 Å². The lowest BCUT2D eigenvalue weighted by molar-refractivity contribution is -0.00913. The van der Waals surface area contributed by atoms with Crippen LogP contribution in [-0.2, 0) is 19.3 Å². The molecule has 12 heteroatoms. The fourth-order valence-electron chi connectivity index (χ4n) is 7.25. The minimum atomic E-state index is -4.27. The van der Waals surface area contributed by atoms with E-state index in [2.05, 4.69) is 4.90 Å². The van der Waals surface area contributed by atoms with Gasteiger partial charge in [-0.3, -0.25) is 4.90 Å². The molecule has 0 radical (unpaired) electrons. The minimum absolute atomic E-state index is 0.0509. The van der Waals surface area contributed by atoms with E-state index in [4.69, 9.17) is 21.1 Å². The summed E-state index contributed by atoms with van der Waals surface area (Å²) in [6.45, 7) is 1.48. The van der Waals surface area contributed by atoms with Gasteiger partial charge in [-0.2, -0.15) is 0 Å². The Balaban J connectivity index is 1.28. The summed E-state index contributed by atoms with van der Waals surface area (Å²) in [5, 5.41) is 9.72. The van der Waals surface area contributed by atoms with Crippen LogP contribution in [-0.4, -0.2) is 80.5 Å². The summed E-state index contributed by atoms with van der Waals surface area (Å²) in [6, 6.07) is 7.82. The largest absolute Gasteiger partial charge is 0.490 e. The van der Waals surface area contributed by atoms with Crippen LogP contribution < -0.4 is 4.74 Å². The maximum atomic E-state index is 15.4. The highest BCUT2D eigenvalue weighted by Crippen LogP contribution is 2.57. The number of carbonyl (C=O) groups is 1. The first-order chi connectivity index (χ1) is 19.2. The minimum Gasteiger partial charge on any atom is -0.490 e. The second-order valence-corrected chi connectivity index (χ2v) is 13.8. The zero-order valence-corrected chi connectivity index (χ0v) is 23.3. The molecule has 1 saturated carbocycles. The summed E-state index contributed by atoms with van der Waals surface area (Å²) < 4.78 is 68.6. The molecule has 8 nitrogen and oxygen atoms in total. The highest BCUT2D eigenvalue weighted by Gasteiger charge is 2.60. The number of fused-ring (bicyclic) bond motifs is 5. The number of aliphatic hydroxyl groups excluding tert-OH is 1.